The Morgan fingerprint density at radius 1 is 1.29 bits per heavy atom. The third kappa shape index (κ3) is 3.81. The van der Waals surface area contributed by atoms with E-state index in [-0.39, 0.29) is 17.8 Å². The number of aryl methyl sites for hydroxylation is 1. The first kappa shape index (κ1) is 17.0. The van der Waals surface area contributed by atoms with Crippen LogP contribution in [-0.4, -0.2) is 46.0 Å². The molecule has 0 unspecified atom stereocenters. The van der Waals surface area contributed by atoms with Crippen molar-refractivity contribution < 1.29 is 17.9 Å². The number of rotatable bonds is 3. The van der Waals surface area contributed by atoms with Crippen LogP contribution in [0.3, 0.4) is 0 Å². The Hall–Kier alpha value is -1.80. The molecule has 0 radical (unpaired) electrons. The van der Waals surface area contributed by atoms with Crippen LogP contribution in [0, 0.1) is 6.92 Å². The quantitative estimate of drug-likeness (QED) is 0.868. The van der Waals surface area contributed by atoms with Crippen LogP contribution in [0.15, 0.2) is 18.2 Å². The van der Waals surface area contributed by atoms with Gasteiger partial charge in [-0.1, -0.05) is 6.07 Å². The number of urea groups is 1. The number of ether oxygens (including phenoxy) is 1. The van der Waals surface area contributed by atoms with Crippen LogP contribution in [0.2, 0.25) is 0 Å². The van der Waals surface area contributed by atoms with Crippen molar-refractivity contribution in [2.24, 2.45) is 0 Å². The van der Waals surface area contributed by atoms with Gasteiger partial charge < -0.3 is 15.4 Å². The Kier molecular flexibility index (Phi) is 4.96. The van der Waals surface area contributed by atoms with Crippen molar-refractivity contribution in [2.75, 3.05) is 35.1 Å². The molecular formula is C16H23N3O4S. The maximum atomic E-state index is 12.1. The second kappa shape index (κ2) is 6.98. The van der Waals surface area contributed by atoms with Crippen LogP contribution in [0.25, 0.3) is 0 Å². The van der Waals surface area contributed by atoms with Crippen LogP contribution in [-0.2, 0) is 14.8 Å². The summed E-state index contributed by atoms with van der Waals surface area (Å²) < 4.78 is 31.0. The van der Waals surface area contributed by atoms with Gasteiger partial charge in [0.25, 0.3) is 0 Å². The fourth-order valence-electron chi connectivity index (χ4n) is 3.06. The van der Waals surface area contributed by atoms with E-state index < -0.39 is 10.0 Å². The Labute approximate surface area is 142 Å². The second-order valence-corrected chi connectivity index (χ2v) is 8.24. The van der Waals surface area contributed by atoms with Gasteiger partial charge in [-0.2, -0.15) is 0 Å². The first-order valence-corrected chi connectivity index (χ1v) is 9.83. The monoisotopic (exact) mass is 353 g/mol. The van der Waals surface area contributed by atoms with Crippen molar-refractivity contribution >= 4 is 27.4 Å². The minimum atomic E-state index is -3.24. The molecule has 2 amide bonds. The minimum Gasteiger partial charge on any atom is -0.381 e. The van der Waals surface area contributed by atoms with Crippen LogP contribution in [0.4, 0.5) is 16.2 Å². The van der Waals surface area contributed by atoms with E-state index in [0.717, 1.165) is 18.4 Å². The molecule has 2 fully saturated rings. The number of benzene rings is 1. The number of sulfonamides is 1. The van der Waals surface area contributed by atoms with Gasteiger partial charge in [-0.05, 0) is 43.9 Å². The van der Waals surface area contributed by atoms with Gasteiger partial charge in [0.2, 0.25) is 10.0 Å². The Bertz CT molecular complexity index is 714. The van der Waals surface area contributed by atoms with Gasteiger partial charge in [0.15, 0.2) is 0 Å². The van der Waals surface area contributed by atoms with Crippen LogP contribution < -0.4 is 14.9 Å². The lowest BCUT2D eigenvalue weighted by Crippen LogP contribution is -2.41. The van der Waals surface area contributed by atoms with Gasteiger partial charge in [-0.3, -0.25) is 4.31 Å². The molecule has 0 spiro atoms. The van der Waals surface area contributed by atoms with E-state index in [0.29, 0.717) is 37.6 Å². The molecule has 2 aliphatic rings. The summed E-state index contributed by atoms with van der Waals surface area (Å²) in [7, 11) is -3.24. The molecule has 24 heavy (non-hydrogen) atoms. The normalized spacial score (nSPS) is 20.8. The van der Waals surface area contributed by atoms with E-state index in [4.69, 9.17) is 4.74 Å². The molecule has 2 N–H and O–H groups in total. The smallest absolute Gasteiger partial charge is 0.319 e. The number of nitrogens with zero attached hydrogens (tertiary/aromatic N) is 1. The summed E-state index contributed by atoms with van der Waals surface area (Å²) in [6.07, 6.45) is 2.24. The minimum absolute atomic E-state index is 0.114. The van der Waals surface area contributed by atoms with Gasteiger partial charge in [0.1, 0.15) is 0 Å². The average Bonchev–Trinajstić information content (AvgIpc) is 2.89. The number of hydrogen-bond donors (Lipinski definition) is 2. The lowest BCUT2D eigenvalue weighted by molar-refractivity contribution is 0.0806. The van der Waals surface area contributed by atoms with Crippen molar-refractivity contribution in [3.8, 4) is 0 Å². The standard InChI is InChI=1S/C16H23N3O4S/c1-12-3-4-14(11-15(12)19-7-2-10-24(19,21)22)18-16(20)17-13-5-8-23-9-6-13/h3-4,11,13H,2,5-10H2,1H3,(H2,17,18,20). The highest BCUT2D eigenvalue weighted by Gasteiger charge is 2.29. The average molecular weight is 353 g/mol. The number of hydrogen-bond acceptors (Lipinski definition) is 4. The molecule has 2 saturated heterocycles. The Morgan fingerprint density at radius 2 is 2.04 bits per heavy atom. The molecule has 0 bridgehead atoms. The molecule has 0 saturated carbocycles. The van der Waals surface area contributed by atoms with Gasteiger partial charge in [0, 0.05) is 31.5 Å². The fourth-order valence-corrected chi connectivity index (χ4v) is 4.68. The highest BCUT2D eigenvalue weighted by Crippen LogP contribution is 2.30. The van der Waals surface area contributed by atoms with Crippen molar-refractivity contribution in [1.82, 2.24) is 5.32 Å². The van der Waals surface area contributed by atoms with Gasteiger partial charge >= 0.3 is 6.03 Å². The number of nitrogens with one attached hydrogen (secondary N) is 2. The van der Waals surface area contributed by atoms with Gasteiger partial charge in [-0.15, -0.1) is 0 Å². The highest BCUT2D eigenvalue weighted by molar-refractivity contribution is 7.93. The second-order valence-electron chi connectivity index (χ2n) is 6.23. The number of anilines is 2. The van der Waals surface area contributed by atoms with E-state index in [1.54, 1.807) is 12.1 Å². The Balaban J connectivity index is 1.70. The zero-order valence-electron chi connectivity index (χ0n) is 13.7. The maximum Gasteiger partial charge on any atom is 0.319 e. The van der Waals surface area contributed by atoms with Crippen molar-refractivity contribution in [1.29, 1.82) is 0 Å². The van der Waals surface area contributed by atoms with Crippen molar-refractivity contribution in [2.45, 2.75) is 32.2 Å². The molecule has 0 aromatic heterocycles. The summed E-state index contributed by atoms with van der Waals surface area (Å²) in [5.74, 6) is 0.175. The lowest BCUT2D eigenvalue weighted by Gasteiger charge is -2.24. The van der Waals surface area contributed by atoms with Gasteiger partial charge in [0.05, 0.1) is 11.4 Å². The van der Waals surface area contributed by atoms with Crippen LogP contribution in [0.1, 0.15) is 24.8 Å². The SMILES string of the molecule is Cc1ccc(NC(=O)NC2CCOCC2)cc1N1CCCS1(=O)=O. The van der Waals surface area contributed by atoms with Crippen molar-refractivity contribution in [3.05, 3.63) is 23.8 Å². The van der Waals surface area contributed by atoms with E-state index in [1.807, 2.05) is 13.0 Å². The highest BCUT2D eigenvalue weighted by atomic mass is 32.2. The number of amides is 2. The molecule has 2 aliphatic heterocycles. The topological polar surface area (TPSA) is 87.7 Å². The Morgan fingerprint density at radius 3 is 2.71 bits per heavy atom. The molecule has 0 aliphatic carbocycles. The third-order valence-corrected chi connectivity index (χ3v) is 6.25. The maximum absolute atomic E-state index is 12.1. The number of carbonyl (C=O) groups is 1. The molecule has 1 aromatic carbocycles. The van der Waals surface area contributed by atoms with E-state index in [2.05, 4.69) is 10.6 Å². The summed E-state index contributed by atoms with van der Waals surface area (Å²) in [5.41, 5.74) is 2.09. The summed E-state index contributed by atoms with van der Waals surface area (Å²) in [4.78, 5) is 12.1. The molecular weight excluding hydrogens is 330 g/mol. The predicted octanol–water partition coefficient (Wildman–Crippen LogP) is 1.84. The van der Waals surface area contributed by atoms with Crippen molar-refractivity contribution in [3.63, 3.8) is 0 Å². The molecule has 132 valence electrons. The van der Waals surface area contributed by atoms with E-state index >= 15 is 0 Å². The van der Waals surface area contributed by atoms with E-state index in [1.165, 1.54) is 4.31 Å². The predicted molar refractivity (Wildman–Crippen MR) is 92.9 cm³/mol. The van der Waals surface area contributed by atoms with Gasteiger partial charge in [-0.25, -0.2) is 13.2 Å². The zero-order valence-corrected chi connectivity index (χ0v) is 14.6. The zero-order chi connectivity index (χ0) is 17.2. The fraction of sp³-hybridized carbons (Fsp3) is 0.562. The molecule has 8 heteroatoms. The molecule has 0 atom stereocenters. The lowest BCUT2D eigenvalue weighted by atomic mass is 10.1. The summed E-state index contributed by atoms with van der Waals surface area (Å²) in [5, 5.41) is 5.72. The summed E-state index contributed by atoms with van der Waals surface area (Å²) in [6.45, 7) is 3.68. The number of carbonyl (C=O) groups excluding carboxylic acids is 1. The molecule has 2 heterocycles. The first-order chi connectivity index (χ1) is 11.5. The van der Waals surface area contributed by atoms with Crippen LogP contribution in [0.5, 0.6) is 0 Å². The van der Waals surface area contributed by atoms with Crippen LogP contribution >= 0.6 is 0 Å². The molecule has 7 nitrogen and oxygen atoms in total. The largest absolute Gasteiger partial charge is 0.381 e. The third-order valence-electron chi connectivity index (χ3n) is 4.39. The first-order valence-electron chi connectivity index (χ1n) is 8.22. The summed E-state index contributed by atoms with van der Waals surface area (Å²) >= 11 is 0. The molecule has 3 rings (SSSR count). The molecule has 1 aromatic rings. The van der Waals surface area contributed by atoms with E-state index in [9.17, 15) is 13.2 Å². The summed E-state index contributed by atoms with van der Waals surface area (Å²) in [6, 6.07) is 5.17.